The van der Waals surface area contributed by atoms with E-state index >= 15 is 0 Å². The molecular weight excluding hydrogens is 302 g/mol. The van der Waals surface area contributed by atoms with Crippen LogP contribution in [0.4, 0.5) is 0 Å². The Bertz CT molecular complexity index is 882. The van der Waals surface area contributed by atoms with Crippen LogP contribution in [0.2, 0.25) is 0 Å². The molecule has 126 valence electrons. The van der Waals surface area contributed by atoms with Gasteiger partial charge in [-0.15, -0.1) is 0 Å². The Kier molecular flexibility index (Phi) is 4.76. The van der Waals surface area contributed by atoms with E-state index in [0.717, 1.165) is 17.4 Å². The summed E-state index contributed by atoms with van der Waals surface area (Å²) in [5, 5.41) is 13.7. The molecule has 0 aliphatic carbocycles. The smallest absolute Gasteiger partial charge is 0.274 e. The molecule has 0 spiro atoms. The van der Waals surface area contributed by atoms with Crippen molar-refractivity contribution in [2.45, 2.75) is 38.9 Å². The molecule has 3 rings (SSSR count). The van der Waals surface area contributed by atoms with Crippen LogP contribution in [0.1, 0.15) is 31.9 Å². The minimum absolute atomic E-state index is 0.0452. The van der Waals surface area contributed by atoms with Crippen molar-refractivity contribution in [2.75, 3.05) is 0 Å². The highest BCUT2D eigenvalue weighted by molar-refractivity contribution is 5.80. The monoisotopic (exact) mass is 325 g/mol. The van der Waals surface area contributed by atoms with Crippen molar-refractivity contribution in [3.8, 4) is 0 Å². The van der Waals surface area contributed by atoms with Crippen molar-refractivity contribution >= 4 is 10.8 Å². The first-order chi connectivity index (χ1) is 11.6. The van der Waals surface area contributed by atoms with Gasteiger partial charge in [0.05, 0.1) is 24.3 Å². The lowest BCUT2D eigenvalue weighted by Gasteiger charge is -2.21. The quantitative estimate of drug-likeness (QED) is 0.755. The number of aryl methyl sites for hydroxylation is 1. The Morgan fingerprint density at radius 1 is 1.21 bits per heavy atom. The fourth-order valence-electron chi connectivity index (χ4n) is 2.98. The predicted octanol–water partition coefficient (Wildman–Crippen LogP) is 2.26. The number of rotatable bonds is 6. The molecule has 0 bridgehead atoms. The molecule has 2 aromatic heterocycles. The number of nitrogens with zero attached hydrogens (tertiary/aromatic N) is 4. The second-order valence-corrected chi connectivity index (χ2v) is 6.19. The summed E-state index contributed by atoms with van der Waals surface area (Å²) < 4.78 is 3.34. The maximum Gasteiger partial charge on any atom is 0.274 e. The lowest BCUT2D eigenvalue weighted by atomic mass is 10.1. The first-order valence-electron chi connectivity index (χ1n) is 8.28. The van der Waals surface area contributed by atoms with Crippen LogP contribution in [0.3, 0.4) is 0 Å². The molecule has 2 heterocycles. The van der Waals surface area contributed by atoms with Gasteiger partial charge in [0.15, 0.2) is 0 Å². The van der Waals surface area contributed by atoms with E-state index in [1.54, 1.807) is 10.9 Å². The molecule has 0 fully saturated rings. The Morgan fingerprint density at radius 2 is 2.00 bits per heavy atom. The van der Waals surface area contributed by atoms with Crippen LogP contribution < -0.4 is 10.9 Å². The SMILES string of the molecule is CC[C@@H](N[C@@H](C)Cn1ncc2ccccc2c1=O)c1cnn(C)c1. The van der Waals surface area contributed by atoms with E-state index in [0.29, 0.717) is 11.9 Å². The zero-order valence-corrected chi connectivity index (χ0v) is 14.3. The summed E-state index contributed by atoms with van der Waals surface area (Å²) in [6.45, 7) is 4.74. The summed E-state index contributed by atoms with van der Waals surface area (Å²) in [4.78, 5) is 12.6. The van der Waals surface area contributed by atoms with E-state index in [2.05, 4.69) is 29.4 Å². The minimum atomic E-state index is -0.0452. The first kappa shape index (κ1) is 16.4. The Labute approximate surface area is 141 Å². The molecular formula is C18H23N5O. The second kappa shape index (κ2) is 6.97. The number of fused-ring (bicyclic) bond motifs is 1. The van der Waals surface area contributed by atoms with E-state index in [-0.39, 0.29) is 17.6 Å². The van der Waals surface area contributed by atoms with Crippen LogP contribution >= 0.6 is 0 Å². The van der Waals surface area contributed by atoms with Gasteiger partial charge in [0.25, 0.3) is 5.56 Å². The van der Waals surface area contributed by atoms with Gasteiger partial charge in [0, 0.05) is 36.3 Å². The summed E-state index contributed by atoms with van der Waals surface area (Å²) >= 11 is 0. The standard InChI is InChI=1S/C18H23N5O/c1-4-17(15-10-19-22(3)12-15)21-13(2)11-23-18(24)16-8-6-5-7-14(16)9-20-23/h5-10,12-13,17,21H,4,11H2,1-3H3/t13-,17+/m0/s1. The van der Waals surface area contributed by atoms with E-state index < -0.39 is 0 Å². The van der Waals surface area contributed by atoms with Crippen LogP contribution in [0, 0.1) is 0 Å². The molecule has 3 aromatic rings. The number of aromatic nitrogens is 4. The van der Waals surface area contributed by atoms with Crippen molar-refractivity contribution in [2.24, 2.45) is 7.05 Å². The summed E-state index contributed by atoms with van der Waals surface area (Å²) in [6.07, 6.45) is 6.61. The summed E-state index contributed by atoms with van der Waals surface area (Å²) in [5.74, 6) is 0. The van der Waals surface area contributed by atoms with Crippen LogP contribution in [-0.4, -0.2) is 25.6 Å². The van der Waals surface area contributed by atoms with Crippen LogP contribution in [0.15, 0.2) is 47.7 Å². The Hall–Kier alpha value is -2.47. The molecule has 6 nitrogen and oxygen atoms in total. The second-order valence-electron chi connectivity index (χ2n) is 6.19. The van der Waals surface area contributed by atoms with Crippen molar-refractivity contribution in [1.29, 1.82) is 0 Å². The normalized spacial score (nSPS) is 14.0. The molecule has 2 atom stereocenters. The van der Waals surface area contributed by atoms with E-state index in [1.165, 1.54) is 4.68 Å². The molecule has 1 aromatic carbocycles. The fraction of sp³-hybridized carbons (Fsp3) is 0.389. The van der Waals surface area contributed by atoms with Gasteiger partial charge in [-0.05, 0) is 19.4 Å². The van der Waals surface area contributed by atoms with Gasteiger partial charge in [0.2, 0.25) is 0 Å². The lowest BCUT2D eigenvalue weighted by molar-refractivity contribution is 0.386. The Morgan fingerprint density at radius 3 is 2.71 bits per heavy atom. The molecule has 0 aliphatic heterocycles. The maximum atomic E-state index is 12.6. The molecule has 0 radical (unpaired) electrons. The third kappa shape index (κ3) is 3.38. The van der Waals surface area contributed by atoms with Crippen LogP contribution in [0.5, 0.6) is 0 Å². The van der Waals surface area contributed by atoms with Gasteiger partial charge in [-0.1, -0.05) is 25.1 Å². The van der Waals surface area contributed by atoms with Crippen molar-refractivity contribution in [3.05, 3.63) is 58.8 Å². The van der Waals surface area contributed by atoms with Gasteiger partial charge < -0.3 is 5.32 Å². The highest BCUT2D eigenvalue weighted by atomic mass is 16.1. The topological polar surface area (TPSA) is 64.7 Å². The fourth-order valence-corrected chi connectivity index (χ4v) is 2.98. The molecule has 0 amide bonds. The zero-order valence-electron chi connectivity index (χ0n) is 14.3. The first-order valence-corrected chi connectivity index (χ1v) is 8.28. The molecule has 1 N–H and O–H groups in total. The largest absolute Gasteiger partial charge is 0.305 e. The third-order valence-electron chi connectivity index (χ3n) is 4.23. The van der Waals surface area contributed by atoms with Gasteiger partial charge in [-0.3, -0.25) is 9.48 Å². The van der Waals surface area contributed by atoms with Gasteiger partial charge >= 0.3 is 0 Å². The molecule has 24 heavy (non-hydrogen) atoms. The predicted molar refractivity (Wildman–Crippen MR) is 94.8 cm³/mol. The number of hydrogen-bond acceptors (Lipinski definition) is 4. The van der Waals surface area contributed by atoms with Crippen LogP contribution in [0.25, 0.3) is 10.8 Å². The van der Waals surface area contributed by atoms with Gasteiger partial charge in [-0.25, -0.2) is 4.68 Å². The van der Waals surface area contributed by atoms with Crippen molar-refractivity contribution in [1.82, 2.24) is 24.9 Å². The average Bonchev–Trinajstić information content (AvgIpc) is 3.02. The molecule has 6 heteroatoms. The van der Waals surface area contributed by atoms with Crippen molar-refractivity contribution in [3.63, 3.8) is 0 Å². The van der Waals surface area contributed by atoms with Crippen LogP contribution in [-0.2, 0) is 13.6 Å². The number of hydrogen-bond donors (Lipinski definition) is 1. The van der Waals surface area contributed by atoms with Crippen molar-refractivity contribution < 1.29 is 0 Å². The molecule has 0 saturated carbocycles. The molecule has 0 saturated heterocycles. The summed E-state index contributed by atoms with van der Waals surface area (Å²) in [7, 11) is 1.91. The zero-order chi connectivity index (χ0) is 17.1. The minimum Gasteiger partial charge on any atom is -0.305 e. The number of nitrogens with one attached hydrogen (secondary N) is 1. The number of benzene rings is 1. The maximum absolute atomic E-state index is 12.6. The van der Waals surface area contributed by atoms with E-state index in [9.17, 15) is 4.79 Å². The molecule has 0 unspecified atom stereocenters. The lowest BCUT2D eigenvalue weighted by Crippen LogP contribution is -2.37. The summed E-state index contributed by atoms with van der Waals surface area (Å²) in [5.41, 5.74) is 1.11. The van der Waals surface area contributed by atoms with Gasteiger partial charge in [-0.2, -0.15) is 10.2 Å². The summed E-state index contributed by atoms with van der Waals surface area (Å²) in [6, 6.07) is 7.87. The van der Waals surface area contributed by atoms with E-state index in [1.807, 2.05) is 43.7 Å². The van der Waals surface area contributed by atoms with Gasteiger partial charge in [0.1, 0.15) is 0 Å². The average molecular weight is 325 g/mol. The third-order valence-corrected chi connectivity index (χ3v) is 4.23. The molecule has 0 aliphatic rings. The van der Waals surface area contributed by atoms with E-state index in [4.69, 9.17) is 0 Å². The highest BCUT2D eigenvalue weighted by Crippen LogP contribution is 2.16. The Balaban J connectivity index is 1.76. The highest BCUT2D eigenvalue weighted by Gasteiger charge is 2.15.